The molecule has 2 aromatic carbocycles. The molecular weight excluding hydrogens is 482 g/mol. The smallest absolute Gasteiger partial charge is 0.261 e. The SMILES string of the molecule is CCN(C(=O)COc1ccc(N=[S-](=O)ON)c2ncccc12)C(CN1CC[C@H](O)C1)c1ccccc1. The largest absolute Gasteiger partial charge is 0.483 e. The third-order valence-corrected chi connectivity index (χ3v) is 6.73. The Morgan fingerprint density at radius 2 is 2.08 bits per heavy atom. The van der Waals surface area contributed by atoms with Gasteiger partial charge in [-0.05, 0) is 54.1 Å². The maximum absolute atomic E-state index is 13.4. The van der Waals surface area contributed by atoms with Crippen LogP contribution >= 0.6 is 0 Å². The second-order valence-corrected chi connectivity index (χ2v) is 9.29. The number of hydrogen-bond acceptors (Lipinski definition) is 10. The lowest BCUT2D eigenvalue weighted by Gasteiger charge is -2.34. The predicted octanol–water partition coefficient (Wildman–Crippen LogP) is 2.85. The van der Waals surface area contributed by atoms with E-state index >= 15 is 0 Å². The van der Waals surface area contributed by atoms with Gasteiger partial charge in [-0.2, -0.15) is 0 Å². The van der Waals surface area contributed by atoms with Crippen LogP contribution in [0.5, 0.6) is 5.75 Å². The van der Waals surface area contributed by atoms with Crippen molar-refractivity contribution in [2.45, 2.75) is 25.5 Å². The van der Waals surface area contributed by atoms with Crippen molar-refractivity contribution in [2.75, 3.05) is 32.8 Å². The zero-order valence-corrected chi connectivity index (χ0v) is 20.8. The number of benzene rings is 2. The van der Waals surface area contributed by atoms with Crippen LogP contribution in [0, 0.1) is 0 Å². The monoisotopic (exact) mass is 512 g/mol. The van der Waals surface area contributed by atoms with Crippen LogP contribution in [0.2, 0.25) is 0 Å². The molecule has 1 fully saturated rings. The molecule has 0 aliphatic carbocycles. The molecule has 10 nitrogen and oxygen atoms in total. The van der Waals surface area contributed by atoms with Crippen LogP contribution in [-0.4, -0.2) is 64.7 Å². The Hall–Kier alpha value is -3.09. The summed E-state index contributed by atoms with van der Waals surface area (Å²) in [6.07, 6.45) is 1.99. The number of amides is 1. The van der Waals surface area contributed by atoms with E-state index in [9.17, 15) is 14.1 Å². The highest BCUT2D eigenvalue weighted by molar-refractivity contribution is 7.69. The van der Waals surface area contributed by atoms with E-state index in [-0.39, 0.29) is 24.7 Å². The summed E-state index contributed by atoms with van der Waals surface area (Å²) in [7, 11) is -2.05. The van der Waals surface area contributed by atoms with Crippen molar-refractivity contribution in [2.24, 2.45) is 10.3 Å². The molecule has 192 valence electrons. The number of aromatic nitrogens is 1. The number of ether oxygens (including phenoxy) is 1. The number of β-amino-alcohol motifs (C(OH)–C–C–N with tert-alkyl or cyclic N) is 1. The molecule has 1 saturated heterocycles. The number of pyridine rings is 1. The number of fused-ring (bicyclic) bond motifs is 1. The molecule has 1 amide bonds. The van der Waals surface area contributed by atoms with Crippen LogP contribution < -0.4 is 10.6 Å². The number of carbonyl (C=O) groups excluding carboxylic acids is 1. The van der Waals surface area contributed by atoms with Gasteiger partial charge < -0.3 is 27.6 Å². The molecule has 0 saturated carbocycles. The Balaban J connectivity index is 1.55. The summed E-state index contributed by atoms with van der Waals surface area (Å²) >= 11 is 0. The van der Waals surface area contributed by atoms with Gasteiger partial charge in [0.05, 0.1) is 23.3 Å². The molecule has 36 heavy (non-hydrogen) atoms. The van der Waals surface area contributed by atoms with E-state index in [1.807, 2.05) is 42.2 Å². The number of hydrogen-bond donors (Lipinski definition) is 2. The molecule has 2 atom stereocenters. The molecule has 0 spiro atoms. The van der Waals surface area contributed by atoms with Crippen LogP contribution in [0.25, 0.3) is 10.9 Å². The molecule has 11 heteroatoms. The van der Waals surface area contributed by atoms with Gasteiger partial charge >= 0.3 is 0 Å². The normalized spacial score (nSPS) is 17.8. The number of rotatable bonds is 10. The van der Waals surface area contributed by atoms with Crippen molar-refractivity contribution in [3.05, 3.63) is 66.4 Å². The summed E-state index contributed by atoms with van der Waals surface area (Å²) in [5.74, 6) is 5.24. The predicted molar refractivity (Wildman–Crippen MR) is 136 cm³/mol. The van der Waals surface area contributed by atoms with Crippen molar-refractivity contribution in [1.29, 1.82) is 0 Å². The highest BCUT2D eigenvalue weighted by Crippen LogP contribution is 2.32. The molecule has 1 aliphatic heterocycles. The van der Waals surface area contributed by atoms with Crippen molar-refractivity contribution < 1.29 is 23.1 Å². The molecule has 3 aromatic rings. The molecular formula is C25H30N5O5S-. The number of likely N-dealkylation sites (tertiary alicyclic amines) is 1. The number of nitrogens with two attached hydrogens (primary N) is 1. The van der Waals surface area contributed by atoms with Gasteiger partial charge in [0.1, 0.15) is 5.75 Å². The first-order valence-corrected chi connectivity index (χ1v) is 12.8. The zero-order chi connectivity index (χ0) is 25.5. The minimum absolute atomic E-state index is 0.158. The molecule has 1 aromatic heterocycles. The van der Waals surface area contributed by atoms with Gasteiger partial charge in [-0.3, -0.25) is 14.7 Å². The summed E-state index contributed by atoms with van der Waals surface area (Å²) in [4.78, 5) is 21.7. The number of aliphatic hydroxyl groups excluding tert-OH is 1. The van der Waals surface area contributed by atoms with Crippen molar-refractivity contribution in [3.8, 4) is 5.75 Å². The fraction of sp³-hybridized carbons (Fsp3) is 0.360. The highest BCUT2D eigenvalue weighted by Gasteiger charge is 2.29. The van der Waals surface area contributed by atoms with Gasteiger partial charge in [0.2, 0.25) is 0 Å². The summed E-state index contributed by atoms with van der Waals surface area (Å²) in [5.41, 5.74) is 1.82. The Bertz CT molecular complexity index is 1270. The summed E-state index contributed by atoms with van der Waals surface area (Å²) in [6, 6.07) is 16.5. The number of likely N-dealkylation sites (N-methyl/N-ethyl adjacent to an activating group) is 1. The standard InChI is InChI=1S/C25H30N5O5S/c1-2-30(22(18-7-4-3-5-8-18)16-29-14-12-19(31)15-29)24(32)17-34-23-11-10-21(28-36(33)35-26)25-20(23)9-6-13-27-25/h3-11,13,19,22,31H,2,12,14-17,26H2,1H3/q-1/t19-,22?/m0/s1. The molecule has 3 N–H and O–H groups in total. The average Bonchev–Trinajstić information content (AvgIpc) is 3.32. The lowest BCUT2D eigenvalue weighted by molar-refractivity contribution is -0.136. The van der Waals surface area contributed by atoms with Gasteiger partial charge in [0, 0.05) is 37.8 Å². The van der Waals surface area contributed by atoms with Crippen molar-refractivity contribution in [1.82, 2.24) is 14.8 Å². The third kappa shape index (κ3) is 6.18. The van der Waals surface area contributed by atoms with Crippen molar-refractivity contribution in [3.63, 3.8) is 0 Å². The van der Waals surface area contributed by atoms with Crippen molar-refractivity contribution >= 4 is 33.4 Å². The van der Waals surface area contributed by atoms with E-state index < -0.39 is 10.9 Å². The first kappa shape index (κ1) is 26.0. The van der Waals surface area contributed by atoms with Gasteiger partial charge in [0.15, 0.2) is 6.61 Å². The number of carbonyl (C=O) groups is 1. The van der Waals surface area contributed by atoms with Gasteiger partial charge in [-0.1, -0.05) is 30.3 Å². The second kappa shape index (κ2) is 12.2. The second-order valence-electron chi connectivity index (χ2n) is 8.48. The summed E-state index contributed by atoms with van der Waals surface area (Å²) in [6.45, 7) is 4.30. The first-order chi connectivity index (χ1) is 17.5. The van der Waals surface area contributed by atoms with Crippen LogP contribution in [0.4, 0.5) is 5.69 Å². The molecule has 1 unspecified atom stereocenters. The molecule has 1 aliphatic rings. The van der Waals surface area contributed by atoms with Crippen LogP contribution in [-0.2, 0) is 24.2 Å². The summed E-state index contributed by atoms with van der Waals surface area (Å²) < 4.78 is 25.7. The third-order valence-electron chi connectivity index (χ3n) is 6.21. The topological polar surface area (TPSA) is 131 Å². The number of nitrogens with zero attached hydrogens (tertiary/aromatic N) is 4. The van der Waals surface area contributed by atoms with Gasteiger partial charge in [-0.15, -0.1) is 0 Å². The van der Waals surface area contributed by atoms with Gasteiger partial charge in [-0.25, -0.2) is 5.90 Å². The molecule has 0 radical (unpaired) electrons. The van der Waals surface area contributed by atoms with Crippen LogP contribution in [0.15, 0.2) is 65.2 Å². The highest BCUT2D eigenvalue weighted by atomic mass is 32.2. The number of aliphatic hydroxyl groups is 1. The van der Waals surface area contributed by atoms with E-state index in [0.29, 0.717) is 42.0 Å². The van der Waals surface area contributed by atoms with Crippen LogP contribution in [0.3, 0.4) is 0 Å². The Morgan fingerprint density at radius 3 is 2.78 bits per heavy atom. The quantitative estimate of drug-likeness (QED) is 0.313. The van der Waals surface area contributed by atoms with Gasteiger partial charge in [0.25, 0.3) is 5.91 Å². The first-order valence-electron chi connectivity index (χ1n) is 11.8. The zero-order valence-electron chi connectivity index (χ0n) is 20.0. The Kier molecular flexibility index (Phi) is 8.83. The summed E-state index contributed by atoms with van der Waals surface area (Å²) in [5, 5.41) is 10.6. The van der Waals surface area contributed by atoms with E-state index in [4.69, 9.17) is 10.6 Å². The van der Waals surface area contributed by atoms with E-state index in [0.717, 1.165) is 18.5 Å². The maximum atomic E-state index is 13.4. The molecule has 0 bridgehead atoms. The van der Waals surface area contributed by atoms with Crippen LogP contribution in [0.1, 0.15) is 24.9 Å². The van der Waals surface area contributed by atoms with E-state index in [2.05, 4.69) is 18.5 Å². The molecule has 4 rings (SSSR count). The van der Waals surface area contributed by atoms with E-state index in [1.165, 1.54) is 0 Å². The lowest BCUT2D eigenvalue weighted by atomic mass is 10.0. The Labute approximate surface area is 212 Å². The molecule has 2 heterocycles. The average molecular weight is 513 g/mol. The fourth-order valence-corrected chi connectivity index (χ4v) is 4.86. The fourth-order valence-electron chi connectivity index (χ4n) is 4.51. The minimum atomic E-state index is -2.05. The maximum Gasteiger partial charge on any atom is 0.261 e. The lowest BCUT2D eigenvalue weighted by Crippen LogP contribution is -2.43. The minimum Gasteiger partial charge on any atom is -0.483 e. The van der Waals surface area contributed by atoms with E-state index in [1.54, 1.807) is 30.5 Å². The Morgan fingerprint density at radius 1 is 1.28 bits per heavy atom.